The number of halogens is 2. The molecule has 3 amide bonds. The summed E-state index contributed by atoms with van der Waals surface area (Å²) in [4.78, 5) is 26.2. The van der Waals surface area contributed by atoms with Gasteiger partial charge in [-0.05, 0) is 30.7 Å². The van der Waals surface area contributed by atoms with Crippen molar-refractivity contribution < 1.29 is 23.1 Å². The van der Waals surface area contributed by atoms with Crippen LogP contribution in [0.15, 0.2) is 42.5 Å². The summed E-state index contributed by atoms with van der Waals surface area (Å²) in [7, 11) is 1.50. The number of nitrogens with zero attached hydrogens (tertiary/aromatic N) is 1. The minimum Gasteiger partial charge on any atom is -0.496 e. The summed E-state index contributed by atoms with van der Waals surface area (Å²) >= 11 is 0. The summed E-state index contributed by atoms with van der Waals surface area (Å²) < 4.78 is 31.9. The molecular formula is C18H16F2N2O3. The van der Waals surface area contributed by atoms with Crippen molar-refractivity contribution in [2.75, 3.05) is 7.11 Å². The van der Waals surface area contributed by atoms with Gasteiger partial charge in [0.2, 0.25) is 0 Å². The van der Waals surface area contributed by atoms with Gasteiger partial charge in [0, 0.05) is 5.56 Å². The highest BCUT2D eigenvalue weighted by Crippen LogP contribution is 2.31. The van der Waals surface area contributed by atoms with Crippen LogP contribution >= 0.6 is 0 Å². The second kappa shape index (κ2) is 6.16. The van der Waals surface area contributed by atoms with Crippen molar-refractivity contribution in [1.82, 2.24) is 10.2 Å². The molecule has 0 saturated carbocycles. The zero-order chi connectivity index (χ0) is 18.2. The van der Waals surface area contributed by atoms with Crippen LogP contribution in [0.1, 0.15) is 18.1 Å². The van der Waals surface area contributed by atoms with Crippen LogP contribution < -0.4 is 10.1 Å². The number of hydrogen-bond acceptors (Lipinski definition) is 3. The predicted octanol–water partition coefficient (Wildman–Crippen LogP) is 2.94. The number of carbonyl (C=O) groups is 2. The van der Waals surface area contributed by atoms with Gasteiger partial charge in [0.25, 0.3) is 5.91 Å². The van der Waals surface area contributed by atoms with E-state index in [2.05, 4.69) is 5.32 Å². The molecule has 1 unspecified atom stereocenters. The predicted molar refractivity (Wildman–Crippen MR) is 85.8 cm³/mol. The number of urea groups is 1. The van der Waals surface area contributed by atoms with Gasteiger partial charge in [-0.3, -0.25) is 9.69 Å². The van der Waals surface area contributed by atoms with Gasteiger partial charge in [-0.2, -0.15) is 0 Å². The molecule has 5 nitrogen and oxygen atoms in total. The number of nitrogens with one attached hydrogen (secondary N) is 1. The second-order valence-electron chi connectivity index (χ2n) is 5.89. The third-order valence-corrected chi connectivity index (χ3v) is 4.29. The standard InChI is InChI=1S/C18H16F2N2O3/c1-18(12-7-8-13(19)14(20)9-12)16(23)22(17(24)21-18)10-11-5-3-4-6-15(11)25-2/h3-9H,10H2,1-2H3,(H,21,24). The zero-order valence-electron chi connectivity index (χ0n) is 13.7. The molecule has 1 atom stereocenters. The lowest BCUT2D eigenvalue weighted by molar-refractivity contribution is -0.131. The van der Waals surface area contributed by atoms with E-state index >= 15 is 0 Å². The Kier molecular flexibility index (Phi) is 4.16. The number of methoxy groups -OCH3 is 1. The number of rotatable bonds is 4. The van der Waals surface area contributed by atoms with Gasteiger partial charge in [-0.25, -0.2) is 13.6 Å². The Morgan fingerprint density at radius 3 is 2.52 bits per heavy atom. The topological polar surface area (TPSA) is 58.6 Å². The van der Waals surface area contributed by atoms with E-state index in [1.54, 1.807) is 24.3 Å². The van der Waals surface area contributed by atoms with E-state index in [-0.39, 0.29) is 12.1 Å². The van der Waals surface area contributed by atoms with Crippen molar-refractivity contribution in [3.63, 3.8) is 0 Å². The molecule has 1 heterocycles. The van der Waals surface area contributed by atoms with Gasteiger partial charge in [-0.15, -0.1) is 0 Å². The van der Waals surface area contributed by atoms with Crippen LogP contribution in [0.3, 0.4) is 0 Å². The molecule has 0 aliphatic carbocycles. The molecule has 0 aromatic heterocycles. The van der Waals surface area contributed by atoms with Crippen LogP contribution in [0.2, 0.25) is 0 Å². The number of benzene rings is 2. The Hall–Kier alpha value is -2.96. The average molecular weight is 346 g/mol. The van der Waals surface area contributed by atoms with E-state index in [0.29, 0.717) is 11.3 Å². The average Bonchev–Trinajstić information content (AvgIpc) is 2.82. The Morgan fingerprint density at radius 1 is 1.12 bits per heavy atom. The van der Waals surface area contributed by atoms with E-state index in [1.165, 1.54) is 20.1 Å². The van der Waals surface area contributed by atoms with Crippen molar-refractivity contribution in [3.05, 3.63) is 65.2 Å². The third kappa shape index (κ3) is 2.82. The van der Waals surface area contributed by atoms with Gasteiger partial charge in [0.05, 0.1) is 13.7 Å². The number of imide groups is 1. The van der Waals surface area contributed by atoms with Crippen LogP contribution in [-0.4, -0.2) is 23.9 Å². The molecule has 25 heavy (non-hydrogen) atoms. The number of para-hydroxylation sites is 1. The van der Waals surface area contributed by atoms with Crippen LogP contribution in [0.5, 0.6) is 5.75 Å². The fourth-order valence-corrected chi connectivity index (χ4v) is 2.85. The van der Waals surface area contributed by atoms with Crippen LogP contribution in [-0.2, 0) is 16.9 Å². The van der Waals surface area contributed by atoms with Crippen molar-refractivity contribution >= 4 is 11.9 Å². The number of hydrogen-bond donors (Lipinski definition) is 1. The van der Waals surface area contributed by atoms with Crippen molar-refractivity contribution in [3.8, 4) is 5.75 Å². The minimum absolute atomic E-state index is 0.00788. The molecule has 1 aliphatic rings. The van der Waals surface area contributed by atoms with Crippen molar-refractivity contribution in [2.24, 2.45) is 0 Å². The highest BCUT2D eigenvalue weighted by molar-refractivity contribution is 6.07. The highest BCUT2D eigenvalue weighted by Gasteiger charge is 2.49. The smallest absolute Gasteiger partial charge is 0.325 e. The lowest BCUT2D eigenvalue weighted by atomic mass is 9.92. The summed E-state index contributed by atoms with van der Waals surface area (Å²) in [5.74, 6) is -2.10. The van der Waals surface area contributed by atoms with E-state index in [1.807, 2.05) is 0 Å². The Bertz CT molecular complexity index is 856. The molecule has 1 saturated heterocycles. The van der Waals surface area contributed by atoms with Crippen molar-refractivity contribution in [1.29, 1.82) is 0 Å². The quantitative estimate of drug-likeness (QED) is 0.866. The molecule has 3 rings (SSSR count). The maximum Gasteiger partial charge on any atom is 0.325 e. The lowest BCUT2D eigenvalue weighted by Gasteiger charge is -2.22. The molecule has 2 aromatic carbocycles. The Morgan fingerprint density at radius 2 is 1.84 bits per heavy atom. The first-order valence-electron chi connectivity index (χ1n) is 7.58. The van der Waals surface area contributed by atoms with Crippen molar-refractivity contribution in [2.45, 2.75) is 19.0 Å². The highest BCUT2D eigenvalue weighted by atomic mass is 19.2. The fraction of sp³-hybridized carbons (Fsp3) is 0.222. The number of carbonyl (C=O) groups excluding carboxylic acids is 2. The van der Waals surface area contributed by atoms with E-state index in [4.69, 9.17) is 4.74 Å². The summed E-state index contributed by atoms with van der Waals surface area (Å²) in [5.41, 5.74) is -0.636. The lowest BCUT2D eigenvalue weighted by Crippen LogP contribution is -2.41. The van der Waals surface area contributed by atoms with Crippen LogP contribution in [0.4, 0.5) is 13.6 Å². The SMILES string of the molecule is COc1ccccc1CN1C(=O)NC(C)(c2ccc(F)c(F)c2)C1=O. The zero-order valence-corrected chi connectivity index (χ0v) is 13.7. The first-order chi connectivity index (χ1) is 11.9. The van der Waals surface area contributed by atoms with Crippen LogP contribution in [0, 0.1) is 11.6 Å². The molecular weight excluding hydrogens is 330 g/mol. The molecule has 1 aliphatic heterocycles. The number of amides is 3. The molecule has 1 N–H and O–H groups in total. The summed E-state index contributed by atoms with van der Waals surface area (Å²) in [6.07, 6.45) is 0. The molecule has 0 radical (unpaired) electrons. The summed E-state index contributed by atoms with van der Waals surface area (Å²) in [6.45, 7) is 1.47. The molecule has 0 spiro atoms. The maximum atomic E-state index is 13.5. The largest absolute Gasteiger partial charge is 0.496 e. The van der Waals surface area contributed by atoms with Gasteiger partial charge >= 0.3 is 6.03 Å². The van der Waals surface area contributed by atoms with E-state index < -0.39 is 29.1 Å². The van der Waals surface area contributed by atoms with E-state index in [9.17, 15) is 18.4 Å². The van der Waals surface area contributed by atoms with Crippen LogP contribution in [0.25, 0.3) is 0 Å². The summed E-state index contributed by atoms with van der Waals surface area (Å²) in [5, 5.41) is 2.56. The minimum atomic E-state index is -1.46. The first-order valence-corrected chi connectivity index (χ1v) is 7.58. The monoisotopic (exact) mass is 346 g/mol. The normalized spacial score (nSPS) is 19.9. The third-order valence-electron chi connectivity index (χ3n) is 4.29. The molecule has 1 fully saturated rings. The molecule has 0 bridgehead atoms. The van der Waals surface area contributed by atoms with Gasteiger partial charge in [0.15, 0.2) is 11.6 Å². The second-order valence-corrected chi connectivity index (χ2v) is 5.89. The molecule has 130 valence electrons. The molecule has 7 heteroatoms. The Labute approximate surface area is 143 Å². The first kappa shape index (κ1) is 16.9. The fourth-order valence-electron chi connectivity index (χ4n) is 2.85. The van der Waals surface area contributed by atoms with E-state index in [0.717, 1.165) is 17.0 Å². The summed E-state index contributed by atoms with van der Waals surface area (Å²) in [6, 6.07) is 9.53. The maximum absolute atomic E-state index is 13.5. The molecule has 2 aromatic rings. The van der Waals surface area contributed by atoms with Gasteiger partial charge < -0.3 is 10.1 Å². The number of ether oxygens (including phenoxy) is 1. The van der Waals surface area contributed by atoms with Gasteiger partial charge in [0.1, 0.15) is 11.3 Å². The Balaban J connectivity index is 1.93. The van der Waals surface area contributed by atoms with Gasteiger partial charge in [-0.1, -0.05) is 24.3 Å².